The molecule has 0 radical (unpaired) electrons. The molecule has 0 amide bonds. The number of piperidine rings is 1. The fourth-order valence-corrected chi connectivity index (χ4v) is 2.71. The SMILES string of the molecule is CC1CCN(CC(O)CNC/C=C/c2ccc(F)cc2)CC1. The zero-order chi connectivity index (χ0) is 15.8. The Balaban J connectivity index is 1.58. The lowest BCUT2D eigenvalue weighted by Gasteiger charge is -2.31. The van der Waals surface area contributed by atoms with E-state index in [9.17, 15) is 9.50 Å². The number of benzene rings is 1. The molecular formula is C18H27FN2O. The van der Waals surface area contributed by atoms with E-state index < -0.39 is 0 Å². The van der Waals surface area contributed by atoms with Gasteiger partial charge in [0.1, 0.15) is 5.82 Å². The van der Waals surface area contributed by atoms with Gasteiger partial charge in [0.05, 0.1) is 6.10 Å². The zero-order valence-electron chi connectivity index (χ0n) is 13.3. The van der Waals surface area contributed by atoms with Crippen LogP contribution in [0.3, 0.4) is 0 Å². The third-order valence-corrected chi connectivity index (χ3v) is 4.17. The van der Waals surface area contributed by atoms with E-state index in [0.29, 0.717) is 13.1 Å². The van der Waals surface area contributed by atoms with Gasteiger partial charge in [-0.2, -0.15) is 0 Å². The predicted octanol–water partition coefficient (Wildman–Crippen LogP) is 2.52. The summed E-state index contributed by atoms with van der Waals surface area (Å²) in [6, 6.07) is 6.41. The molecule has 0 bridgehead atoms. The van der Waals surface area contributed by atoms with Crippen molar-refractivity contribution < 1.29 is 9.50 Å². The number of nitrogens with one attached hydrogen (secondary N) is 1. The van der Waals surface area contributed by atoms with Crippen molar-refractivity contribution in [2.24, 2.45) is 5.92 Å². The van der Waals surface area contributed by atoms with Crippen molar-refractivity contribution in [2.75, 3.05) is 32.7 Å². The van der Waals surface area contributed by atoms with Crippen LogP contribution in [0.25, 0.3) is 6.08 Å². The van der Waals surface area contributed by atoms with E-state index in [0.717, 1.165) is 31.1 Å². The topological polar surface area (TPSA) is 35.5 Å². The Hall–Kier alpha value is -1.23. The molecule has 0 aromatic heterocycles. The average Bonchev–Trinajstić information content (AvgIpc) is 2.51. The Morgan fingerprint density at radius 1 is 1.32 bits per heavy atom. The summed E-state index contributed by atoms with van der Waals surface area (Å²) < 4.78 is 12.8. The highest BCUT2D eigenvalue weighted by Gasteiger charge is 2.17. The fraction of sp³-hybridized carbons (Fsp3) is 0.556. The highest BCUT2D eigenvalue weighted by atomic mass is 19.1. The van der Waals surface area contributed by atoms with Crippen LogP contribution in [0.15, 0.2) is 30.3 Å². The lowest BCUT2D eigenvalue weighted by molar-refractivity contribution is 0.0915. The van der Waals surface area contributed by atoms with Gasteiger partial charge in [-0.15, -0.1) is 0 Å². The van der Waals surface area contributed by atoms with E-state index >= 15 is 0 Å². The van der Waals surface area contributed by atoms with Crippen molar-refractivity contribution in [3.63, 3.8) is 0 Å². The molecule has 1 aliphatic heterocycles. The molecule has 1 unspecified atom stereocenters. The van der Waals surface area contributed by atoms with Gasteiger partial charge in [-0.1, -0.05) is 31.2 Å². The molecule has 1 aliphatic rings. The first-order chi connectivity index (χ1) is 10.6. The molecule has 1 atom stereocenters. The molecule has 1 fully saturated rings. The second kappa shape index (κ2) is 9.03. The van der Waals surface area contributed by atoms with Crippen LogP contribution in [0.4, 0.5) is 4.39 Å². The predicted molar refractivity (Wildman–Crippen MR) is 89.1 cm³/mol. The fourth-order valence-electron chi connectivity index (χ4n) is 2.71. The molecule has 1 heterocycles. The molecule has 122 valence electrons. The minimum Gasteiger partial charge on any atom is -0.390 e. The molecular weight excluding hydrogens is 279 g/mol. The number of halogens is 1. The maximum atomic E-state index is 12.8. The quantitative estimate of drug-likeness (QED) is 0.760. The van der Waals surface area contributed by atoms with Crippen molar-refractivity contribution in [1.29, 1.82) is 0 Å². The van der Waals surface area contributed by atoms with Crippen molar-refractivity contribution >= 4 is 6.08 Å². The van der Waals surface area contributed by atoms with Crippen LogP contribution in [0.2, 0.25) is 0 Å². The maximum absolute atomic E-state index is 12.8. The molecule has 1 saturated heterocycles. The van der Waals surface area contributed by atoms with Crippen LogP contribution in [0, 0.1) is 11.7 Å². The Morgan fingerprint density at radius 2 is 2.00 bits per heavy atom. The minimum absolute atomic E-state index is 0.217. The Bertz CT molecular complexity index is 453. The maximum Gasteiger partial charge on any atom is 0.123 e. The summed E-state index contributed by atoms with van der Waals surface area (Å²) >= 11 is 0. The molecule has 1 aromatic rings. The van der Waals surface area contributed by atoms with Crippen LogP contribution in [-0.2, 0) is 0 Å². The van der Waals surface area contributed by atoms with Crippen molar-refractivity contribution in [3.8, 4) is 0 Å². The van der Waals surface area contributed by atoms with E-state index in [1.807, 2.05) is 12.2 Å². The van der Waals surface area contributed by atoms with Gasteiger partial charge in [0.2, 0.25) is 0 Å². The van der Waals surface area contributed by atoms with Crippen molar-refractivity contribution in [1.82, 2.24) is 10.2 Å². The van der Waals surface area contributed by atoms with Gasteiger partial charge < -0.3 is 15.3 Å². The largest absolute Gasteiger partial charge is 0.390 e. The first-order valence-electron chi connectivity index (χ1n) is 8.16. The highest BCUT2D eigenvalue weighted by Crippen LogP contribution is 2.15. The number of aliphatic hydroxyl groups excluding tert-OH is 1. The molecule has 4 heteroatoms. The van der Waals surface area contributed by atoms with E-state index in [-0.39, 0.29) is 11.9 Å². The zero-order valence-corrected chi connectivity index (χ0v) is 13.3. The summed E-state index contributed by atoms with van der Waals surface area (Å²) in [6.07, 6.45) is 6.08. The van der Waals surface area contributed by atoms with Crippen molar-refractivity contribution in [3.05, 3.63) is 41.7 Å². The molecule has 0 aliphatic carbocycles. The van der Waals surface area contributed by atoms with Crippen LogP contribution in [0.1, 0.15) is 25.3 Å². The van der Waals surface area contributed by atoms with Gasteiger partial charge in [0.25, 0.3) is 0 Å². The number of nitrogens with zero attached hydrogens (tertiary/aromatic N) is 1. The summed E-state index contributed by atoms with van der Waals surface area (Å²) in [5.41, 5.74) is 0.978. The second-order valence-corrected chi connectivity index (χ2v) is 6.25. The van der Waals surface area contributed by atoms with Gasteiger partial charge in [-0.3, -0.25) is 0 Å². The van der Waals surface area contributed by atoms with E-state index in [1.54, 1.807) is 12.1 Å². The van der Waals surface area contributed by atoms with Gasteiger partial charge >= 0.3 is 0 Å². The number of hydrogen-bond acceptors (Lipinski definition) is 3. The van der Waals surface area contributed by atoms with Gasteiger partial charge in [-0.25, -0.2) is 4.39 Å². The molecule has 3 nitrogen and oxygen atoms in total. The summed E-state index contributed by atoms with van der Waals surface area (Å²) in [6.45, 7) is 6.54. The van der Waals surface area contributed by atoms with E-state index in [1.165, 1.54) is 25.0 Å². The lowest BCUT2D eigenvalue weighted by Crippen LogP contribution is -2.41. The third-order valence-electron chi connectivity index (χ3n) is 4.17. The summed E-state index contributed by atoms with van der Waals surface area (Å²) in [7, 11) is 0. The number of likely N-dealkylation sites (tertiary alicyclic amines) is 1. The average molecular weight is 306 g/mol. The van der Waals surface area contributed by atoms with Crippen molar-refractivity contribution in [2.45, 2.75) is 25.9 Å². The van der Waals surface area contributed by atoms with Gasteiger partial charge in [0.15, 0.2) is 0 Å². The van der Waals surface area contributed by atoms with Gasteiger partial charge in [0, 0.05) is 19.6 Å². The summed E-state index contributed by atoms with van der Waals surface area (Å²) in [4.78, 5) is 2.35. The first-order valence-corrected chi connectivity index (χ1v) is 8.16. The van der Waals surface area contributed by atoms with Crippen LogP contribution < -0.4 is 5.32 Å². The van der Waals surface area contributed by atoms with E-state index in [4.69, 9.17) is 0 Å². The summed E-state index contributed by atoms with van der Waals surface area (Å²) in [5.74, 6) is 0.605. The molecule has 0 saturated carbocycles. The number of aliphatic hydroxyl groups is 1. The lowest BCUT2D eigenvalue weighted by atomic mass is 9.99. The van der Waals surface area contributed by atoms with Crippen LogP contribution >= 0.6 is 0 Å². The second-order valence-electron chi connectivity index (χ2n) is 6.25. The smallest absolute Gasteiger partial charge is 0.123 e. The van der Waals surface area contributed by atoms with E-state index in [2.05, 4.69) is 17.1 Å². The number of hydrogen-bond donors (Lipinski definition) is 2. The standard InChI is InChI=1S/C18H27FN2O/c1-15-8-11-21(12-9-15)14-18(22)13-20-10-2-3-16-4-6-17(19)7-5-16/h2-7,15,18,20,22H,8-14H2,1H3/b3-2+. The number of β-amino-alcohol motifs (C(OH)–C–C–N with tert-alkyl or cyclic N) is 1. The first kappa shape index (κ1) is 17.1. The Morgan fingerprint density at radius 3 is 2.68 bits per heavy atom. The van der Waals surface area contributed by atoms with Crippen LogP contribution in [0.5, 0.6) is 0 Å². The van der Waals surface area contributed by atoms with Crippen LogP contribution in [-0.4, -0.2) is 48.8 Å². The highest BCUT2D eigenvalue weighted by molar-refractivity contribution is 5.48. The minimum atomic E-state index is -0.326. The molecule has 22 heavy (non-hydrogen) atoms. The molecule has 2 N–H and O–H groups in total. The van der Waals surface area contributed by atoms with Gasteiger partial charge in [-0.05, 0) is 49.5 Å². The molecule has 1 aromatic carbocycles. The normalized spacial score (nSPS) is 18.9. The Labute approximate surface area is 132 Å². The monoisotopic (exact) mass is 306 g/mol. The number of rotatable bonds is 7. The molecule has 0 spiro atoms. The molecule has 2 rings (SSSR count). The summed E-state index contributed by atoms with van der Waals surface area (Å²) in [5, 5.41) is 13.3. The Kier molecular flexibility index (Phi) is 7.03. The third kappa shape index (κ3) is 6.26.